The summed E-state index contributed by atoms with van der Waals surface area (Å²) in [6.07, 6.45) is 6.86. The van der Waals surface area contributed by atoms with Crippen molar-refractivity contribution in [3.05, 3.63) is 0 Å². The van der Waals surface area contributed by atoms with Crippen LogP contribution in [-0.2, 0) is 9.59 Å². The monoisotopic (exact) mass is 281 g/mol. The van der Waals surface area contributed by atoms with Gasteiger partial charge in [-0.05, 0) is 31.6 Å². The maximum absolute atomic E-state index is 12.2. The summed E-state index contributed by atoms with van der Waals surface area (Å²) in [5.74, 6) is 0.642. The third-order valence-corrected chi connectivity index (χ3v) is 4.81. The smallest absolute Gasteiger partial charge is 0.240 e. The van der Waals surface area contributed by atoms with Crippen LogP contribution in [0.4, 0.5) is 0 Å². The van der Waals surface area contributed by atoms with Crippen molar-refractivity contribution >= 4 is 11.8 Å². The molecule has 0 bridgehead atoms. The summed E-state index contributed by atoms with van der Waals surface area (Å²) in [7, 11) is 0. The van der Waals surface area contributed by atoms with Crippen LogP contribution < -0.4 is 11.1 Å². The van der Waals surface area contributed by atoms with E-state index < -0.39 is 5.54 Å². The number of rotatable bonds is 3. The lowest BCUT2D eigenvalue weighted by Gasteiger charge is -2.34. The van der Waals surface area contributed by atoms with Crippen molar-refractivity contribution in [1.29, 1.82) is 0 Å². The molecule has 20 heavy (non-hydrogen) atoms. The second-order valence-electron chi connectivity index (χ2n) is 6.38. The minimum atomic E-state index is -0.641. The molecule has 5 heteroatoms. The fourth-order valence-electron chi connectivity index (χ4n) is 3.27. The molecule has 1 saturated carbocycles. The first-order valence-corrected chi connectivity index (χ1v) is 7.84. The van der Waals surface area contributed by atoms with Gasteiger partial charge in [0.1, 0.15) is 0 Å². The Morgan fingerprint density at radius 3 is 2.35 bits per heavy atom. The second-order valence-corrected chi connectivity index (χ2v) is 6.38. The summed E-state index contributed by atoms with van der Waals surface area (Å²) < 4.78 is 0. The standard InChI is InChI=1S/C15H27N3O2/c1-12(19)18-9-5-13(6-10-18)11-17-14(20)15(16)7-3-2-4-8-15/h13H,2-11,16H2,1H3,(H,17,20). The molecule has 0 atom stereocenters. The summed E-state index contributed by atoms with van der Waals surface area (Å²) in [6.45, 7) is 3.93. The first-order valence-electron chi connectivity index (χ1n) is 7.84. The van der Waals surface area contributed by atoms with Gasteiger partial charge in [-0.25, -0.2) is 0 Å². The van der Waals surface area contributed by atoms with Gasteiger partial charge in [0, 0.05) is 26.6 Å². The van der Waals surface area contributed by atoms with Crippen molar-refractivity contribution in [2.24, 2.45) is 11.7 Å². The lowest BCUT2D eigenvalue weighted by molar-refractivity contribution is -0.131. The summed E-state index contributed by atoms with van der Waals surface area (Å²) in [5.41, 5.74) is 5.57. The maximum Gasteiger partial charge on any atom is 0.240 e. The highest BCUT2D eigenvalue weighted by Gasteiger charge is 2.35. The molecule has 2 amide bonds. The quantitative estimate of drug-likeness (QED) is 0.811. The van der Waals surface area contributed by atoms with Crippen LogP contribution in [0.5, 0.6) is 0 Å². The molecule has 2 fully saturated rings. The van der Waals surface area contributed by atoms with E-state index in [1.165, 1.54) is 6.42 Å². The van der Waals surface area contributed by atoms with Crippen LogP contribution in [0.1, 0.15) is 51.9 Å². The second kappa shape index (κ2) is 6.57. The van der Waals surface area contributed by atoms with Gasteiger partial charge in [-0.15, -0.1) is 0 Å². The van der Waals surface area contributed by atoms with E-state index in [9.17, 15) is 9.59 Å². The van der Waals surface area contributed by atoms with Gasteiger partial charge in [0.2, 0.25) is 11.8 Å². The highest BCUT2D eigenvalue weighted by atomic mass is 16.2. The molecule has 3 N–H and O–H groups in total. The Labute approximate surface area is 121 Å². The van der Waals surface area contributed by atoms with E-state index in [2.05, 4.69) is 5.32 Å². The number of piperidine rings is 1. The van der Waals surface area contributed by atoms with Gasteiger partial charge in [0.25, 0.3) is 0 Å². The van der Waals surface area contributed by atoms with E-state index in [1.807, 2.05) is 4.90 Å². The van der Waals surface area contributed by atoms with Gasteiger partial charge >= 0.3 is 0 Å². The van der Waals surface area contributed by atoms with Crippen LogP contribution in [0.2, 0.25) is 0 Å². The van der Waals surface area contributed by atoms with E-state index in [1.54, 1.807) is 6.92 Å². The van der Waals surface area contributed by atoms with Crippen LogP contribution >= 0.6 is 0 Å². The Balaban J connectivity index is 1.73. The molecule has 114 valence electrons. The molecule has 0 spiro atoms. The third kappa shape index (κ3) is 3.72. The Morgan fingerprint density at radius 1 is 1.20 bits per heavy atom. The van der Waals surface area contributed by atoms with Gasteiger partial charge in [-0.1, -0.05) is 19.3 Å². The number of nitrogens with one attached hydrogen (secondary N) is 1. The van der Waals surface area contributed by atoms with Crippen molar-refractivity contribution in [3.8, 4) is 0 Å². The fraction of sp³-hybridized carbons (Fsp3) is 0.867. The lowest BCUT2D eigenvalue weighted by atomic mass is 9.81. The molecule has 0 aromatic rings. The van der Waals surface area contributed by atoms with E-state index >= 15 is 0 Å². The Bertz CT molecular complexity index is 356. The average molecular weight is 281 g/mol. The Hall–Kier alpha value is -1.10. The molecule has 0 radical (unpaired) electrons. The number of nitrogens with zero attached hydrogens (tertiary/aromatic N) is 1. The first kappa shape index (κ1) is 15.3. The van der Waals surface area contributed by atoms with Crippen LogP contribution in [0.3, 0.4) is 0 Å². The molecule has 1 heterocycles. The number of hydrogen-bond donors (Lipinski definition) is 2. The van der Waals surface area contributed by atoms with Crippen LogP contribution in [0, 0.1) is 5.92 Å². The first-order chi connectivity index (χ1) is 9.51. The van der Waals surface area contributed by atoms with Gasteiger partial charge in [0.05, 0.1) is 5.54 Å². The molecule has 1 saturated heterocycles. The molecule has 1 aliphatic carbocycles. The van der Waals surface area contributed by atoms with Crippen molar-refractivity contribution in [1.82, 2.24) is 10.2 Å². The average Bonchev–Trinajstić information content (AvgIpc) is 2.46. The molecule has 2 rings (SSSR count). The van der Waals surface area contributed by atoms with E-state index in [-0.39, 0.29) is 11.8 Å². The largest absolute Gasteiger partial charge is 0.354 e. The van der Waals surface area contributed by atoms with Crippen LogP contribution in [0.15, 0.2) is 0 Å². The number of likely N-dealkylation sites (tertiary alicyclic amines) is 1. The summed E-state index contributed by atoms with van der Waals surface area (Å²) in [5, 5.41) is 3.04. The highest BCUT2D eigenvalue weighted by molar-refractivity contribution is 5.86. The molecule has 0 aromatic carbocycles. The molecule has 1 aliphatic heterocycles. The van der Waals surface area contributed by atoms with Gasteiger partial charge in [-0.2, -0.15) is 0 Å². The van der Waals surface area contributed by atoms with Crippen molar-refractivity contribution < 1.29 is 9.59 Å². The number of nitrogens with two attached hydrogens (primary N) is 1. The molecule has 0 unspecified atom stereocenters. The summed E-state index contributed by atoms with van der Waals surface area (Å²) >= 11 is 0. The van der Waals surface area contributed by atoms with Crippen molar-refractivity contribution in [2.75, 3.05) is 19.6 Å². The lowest BCUT2D eigenvalue weighted by Crippen LogP contribution is -2.56. The normalized spacial score (nSPS) is 23.4. The van der Waals surface area contributed by atoms with Crippen molar-refractivity contribution in [2.45, 2.75) is 57.4 Å². The minimum absolute atomic E-state index is 0.0196. The van der Waals surface area contributed by atoms with E-state index in [0.29, 0.717) is 12.5 Å². The number of hydrogen-bond acceptors (Lipinski definition) is 3. The van der Waals surface area contributed by atoms with E-state index in [4.69, 9.17) is 5.73 Å². The van der Waals surface area contributed by atoms with Gasteiger partial charge in [-0.3, -0.25) is 9.59 Å². The topological polar surface area (TPSA) is 75.4 Å². The summed E-state index contributed by atoms with van der Waals surface area (Å²) in [6, 6.07) is 0. The molecular weight excluding hydrogens is 254 g/mol. The zero-order valence-electron chi connectivity index (χ0n) is 12.5. The van der Waals surface area contributed by atoms with Crippen LogP contribution in [-0.4, -0.2) is 41.9 Å². The number of carbonyl (C=O) groups is 2. The number of amides is 2. The van der Waals surface area contributed by atoms with Gasteiger partial charge in [0.15, 0.2) is 0 Å². The zero-order valence-corrected chi connectivity index (χ0v) is 12.5. The SMILES string of the molecule is CC(=O)N1CCC(CNC(=O)C2(N)CCCCC2)CC1. The minimum Gasteiger partial charge on any atom is -0.354 e. The van der Waals surface area contributed by atoms with E-state index in [0.717, 1.165) is 51.6 Å². The van der Waals surface area contributed by atoms with Crippen LogP contribution in [0.25, 0.3) is 0 Å². The zero-order chi connectivity index (χ0) is 14.6. The predicted molar refractivity (Wildman–Crippen MR) is 78.0 cm³/mol. The molecule has 5 nitrogen and oxygen atoms in total. The van der Waals surface area contributed by atoms with Crippen molar-refractivity contribution in [3.63, 3.8) is 0 Å². The highest BCUT2D eigenvalue weighted by Crippen LogP contribution is 2.26. The molecular formula is C15H27N3O2. The summed E-state index contributed by atoms with van der Waals surface area (Å²) in [4.78, 5) is 25.4. The van der Waals surface area contributed by atoms with Gasteiger partial charge < -0.3 is 16.0 Å². The third-order valence-electron chi connectivity index (χ3n) is 4.81. The Morgan fingerprint density at radius 2 is 1.80 bits per heavy atom. The number of carbonyl (C=O) groups excluding carboxylic acids is 2. The Kier molecular flexibility index (Phi) is 5.02. The molecule has 0 aromatic heterocycles. The predicted octanol–water partition coefficient (Wildman–Crippen LogP) is 1.02. The molecule has 2 aliphatic rings. The fourth-order valence-corrected chi connectivity index (χ4v) is 3.27. The maximum atomic E-state index is 12.2.